The normalized spacial score (nSPS) is 17.1. The summed E-state index contributed by atoms with van der Waals surface area (Å²) in [7, 11) is 0. The second kappa shape index (κ2) is 14.3. The molecule has 10 nitrogen and oxygen atoms in total. The van der Waals surface area contributed by atoms with Crippen LogP contribution in [0.4, 0.5) is 24.7 Å². The van der Waals surface area contributed by atoms with Crippen molar-refractivity contribution in [3.8, 4) is 23.0 Å². The number of halogens is 3. The molecule has 2 aliphatic heterocycles. The van der Waals surface area contributed by atoms with Crippen molar-refractivity contribution in [2.45, 2.75) is 57.2 Å². The number of pyridine rings is 1. The van der Waals surface area contributed by atoms with Crippen molar-refractivity contribution < 1.29 is 27.8 Å². The lowest BCUT2D eigenvalue weighted by Gasteiger charge is -2.44. The molecule has 4 bridgehead atoms. The number of benzene rings is 1. The number of anilines is 2. The van der Waals surface area contributed by atoms with Crippen molar-refractivity contribution in [1.29, 1.82) is 0 Å². The molecule has 48 heavy (non-hydrogen) atoms. The van der Waals surface area contributed by atoms with Gasteiger partial charge in [0.25, 0.3) is 0 Å². The zero-order chi connectivity index (χ0) is 33.8. The van der Waals surface area contributed by atoms with Gasteiger partial charge in [0.2, 0.25) is 5.88 Å². The van der Waals surface area contributed by atoms with Crippen LogP contribution in [-0.4, -0.2) is 75.5 Å². The molecule has 1 aromatic carbocycles. The Kier molecular flexibility index (Phi) is 10.1. The summed E-state index contributed by atoms with van der Waals surface area (Å²) in [5.74, 6) is 0.990. The third-order valence-electron chi connectivity index (χ3n) is 8.80. The van der Waals surface area contributed by atoms with E-state index in [0.717, 1.165) is 74.3 Å². The number of nitrogens with one attached hydrogen (secondary N) is 1. The monoisotopic (exact) mass is 683 g/mol. The fourth-order valence-corrected chi connectivity index (χ4v) is 6.24. The van der Waals surface area contributed by atoms with Gasteiger partial charge < -0.3 is 24.2 Å². The van der Waals surface area contributed by atoms with Gasteiger partial charge in [-0.3, -0.25) is 0 Å². The highest BCUT2D eigenvalue weighted by Crippen LogP contribution is 2.38. The van der Waals surface area contributed by atoms with Gasteiger partial charge in [-0.05, 0) is 50.8 Å². The van der Waals surface area contributed by atoms with Gasteiger partial charge in [-0.1, -0.05) is 37.1 Å². The first-order chi connectivity index (χ1) is 23.1. The molecule has 4 aromatic rings. The largest absolute Gasteiger partial charge is 0.476 e. The Bertz CT molecular complexity index is 1690. The molecule has 5 heterocycles. The first-order valence-corrected chi connectivity index (χ1v) is 16.9. The predicted octanol–water partition coefficient (Wildman–Crippen LogP) is 6.74. The molecule has 0 aliphatic carbocycles. The summed E-state index contributed by atoms with van der Waals surface area (Å²) in [6, 6.07) is 13.6. The Hall–Kier alpha value is -3.88. The number of aromatic nitrogens is 5. The molecule has 0 amide bonds. The van der Waals surface area contributed by atoms with Crippen molar-refractivity contribution in [2.75, 3.05) is 49.1 Å². The molecular weight excluding hydrogens is 643 g/mol. The lowest BCUT2D eigenvalue weighted by molar-refractivity contribution is -0.219. The number of aryl methyl sites for hydroxylation is 1. The van der Waals surface area contributed by atoms with E-state index >= 15 is 0 Å². The Morgan fingerprint density at radius 2 is 1.88 bits per heavy atom. The number of nitrogens with zero attached hydrogens (tertiary/aromatic N) is 6. The fourth-order valence-electron chi connectivity index (χ4n) is 5.64. The van der Waals surface area contributed by atoms with Crippen LogP contribution in [0.2, 0.25) is 0 Å². The summed E-state index contributed by atoms with van der Waals surface area (Å²) in [5.41, 5.74) is 1.33. The molecule has 2 N–H and O–H groups in total. The second-order valence-electron chi connectivity index (χ2n) is 13.1. The SMILES string of the molecule is CC(C)(COc1ccn(-c2ncc3nc2-c2ccccc2CCCCCCN(CC2(CO)COC2)c2ccnc(c2)SN3)n1)C(F)(F)F. The van der Waals surface area contributed by atoms with Crippen LogP contribution in [-0.2, 0) is 11.2 Å². The lowest BCUT2D eigenvalue weighted by Crippen LogP contribution is -2.53. The van der Waals surface area contributed by atoms with E-state index in [1.165, 1.54) is 22.7 Å². The Morgan fingerprint density at radius 1 is 1.06 bits per heavy atom. The van der Waals surface area contributed by atoms with Crippen LogP contribution in [0.25, 0.3) is 17.1 Å². The summed E-state index contributed by atoms with van der Waals surface area (Å²) in [4.78, 5) is 16.6. The van der Waals surface area contributed by atoms with Gasteiger partial charge >= 0.3 is 6.18 Å². The van der Waals surface area contributed by atoms with Gasteiger partial charge in [0.05, 0.1) is 36.8 Å². The van der Waals surface area contributed by atoms with Crippen molar-refractivity contribution >= 4 is 23.5 Å². The number of hydrogen-bond donors (Lipinski definition) is 2. The van der Waals surface area contributed by atoms with Gasteiger partial charge in [-0.25, -0.2) is 19.6 Å². The summed E-state index contributed by atoms with van der Waals surface area (Å²) in [6.07, 6.45) is 5.50. The Morgan fingerprint density at radius 3 is 2.65 bits per heavy atom. The van der Waals surface area contributed by atoms with Crippen LogP contribution < -0.4 is 14.4 Å². The Labute approximate surface area is 282 Å². The number of aliphatic hydroxyl groups is 1. The number of ether oxygens (including phenoxy) is 2. The van der Waals surface area contributed by atoms with E-state index in [4.69, 9.17) is 19.4 Å². The summed E-state index contributed by atoms with van der Waals surface area (Å²) in [6.45, 7) is 4.36. The topological polar surface area (TPSA) is 110 Å². The van der Waals surface area contributed by atoms with Gasteiger partial charge in [-0.2, -0.15) is 13.2 Å². The first kappa shape index (κ1) is 34.0. The highest BCUT2D eigenvalue weighted by atomic mass is 32.2. The standard InChI is InChI=1S/C34H40F3N7O3S/c1-32(2,34(35,36)37)21-47-28-13-16-44(41-28)31-30-26-11-7-6-10-24(26)9-5-3-4-8-15-43(19-33(20-45)22-46-23-33)25-12-14-38-29(17-25)48-42-27(40-30)18-39-31/h6-7,10-14,16-18,45H,3-5,8-9,15,19-23H2,1-2H3,(H,40,42). The number of aliphatic hydroxyl groups excluding tert-OH is 1. The maximum Gasteiger partial charge on any atom is 0.397 e. The molecule has 0 spiro atoms. The molecule has 2 aliphatic rings. The third-order valence-corrected chi connectivity index (χ3v) is 9.55. The second-order valence-corrected chi connectivity index (χ2v) is 14.0. The average molecular weight is 684 g/mol. The molecule has 256 valence electrons. The summed E-state index contributed by atoms with van der Waals surface area (Å²) >= 11 is 1.32. The maximum absolute atomic E-state index is 13.4. The first-order valence-electron chi connectivity index (χ1n) is 16.1. The minimum atomic E-state index is -4.42. The Balaban J connectivity index is 1.30. The molecule has 1 fully saturated rings. The number of rotatable bonds is 7. The smallest absolute Gasteiger partial charge is 0.397 e. The molecule has 3 aromatic heterocycles. The number of alkyl halides is 3. The van der Waals surface area contributed by atoms with Gasteiger partial charge in [0.1, 0.15) is 17.3 Å². The summed E-state index contributed by atoms with van der Waals surface area (Å²) in [5, 5.41) is 15.3. The van der Waals surface area contributed by atoms with Crippen LogP contribution >= 0.6 is 11.9 Å². The molecule has 1 saturated heterocycles. The van der Waals surface area contributed by atoms with Crippen LogP contribution in [0.5, 0.6) is 5.88 Å². The number of fused-ring (bicyclic) bond motifs is 6. The minimum absolute atomic E-state index is 0.0615. The van der Waals surface area contributed by atoms with E-state index in [9.17, 15) is 18.3 Å². The van der Waals surface area contributed by atoms with Crippen molar-refractivity contribution in [3.05, 3.63) is 66.6 Å². The molecule has 0 atom stereocenters. The van der Waals surface area contributed by atoms with E-state index in [-0.39, 0.29) is 17.9 Å². The number of hydrogen-bond acceptors (Lipinski definition) is 10. The summed E-state index contributed by atoms with van der Waals surface area (Å²) < 4.78 is 55.9. The molecule has 0 saturated carbocycles. The van der Waals surface area contributed by atoms with Gasteiger partial charge in [-0.15, -0.1) is 5.10 Å². The van der Waals surface area contributed by atoms with Gasteiger partial charge in [0, 0.05) is 54.7 Å². The van der Waals surface area contributed by atoms with E-state index < -0.39 is 18.2 Å². The molecule has 14 heteroatoms. The van der Waals surface area contributed by atoms with E-state index in [2.05, 4.69) is 25.8 Å². The third kappa shape index (κ3) is 7.71. The predicted molar refractivity (Wildman–Crippen MR) is 178 cm³/mol. The van der Waals surface area contributed by atoms with Crippen LogP contribution in [0.3, 0.4) is 0 Å². The average Bonchev–Trinajstić information content (AvgIpc) is 3.53. The lowest BCUT2D eigenvalue weighted by atomic mass is 9.86. The highest BCUT2D eigenvalue weighted by molar-refractivity contribution is 8.00. The van der Waals surface area contributed by atoms with Crippen molar-refractivity contribution in [2.24, 2.45) is 10.8 Å². The molecule has 6 rings (SSSR count). The minimum Gasteiger partial charge on any atom is -0.476 e. The maximum atomic E-state index is 13.4. The molecule has 0 radical (unpaired) electrons. The van der Waals surface area contributed by atoms with Crippen molar-refractivity contribution in [1.82, 2.24) is 24.7 Å². The fraction of sp³-hybridized carbons (Fsp3) is 0.471. The molecular formula is C34H40F3N7O3S. The van der Waals surface area contributed by atoms with Crippen LogP contribution in [0, 0.1) is 10.8 Å². The zero-order valence-corrected chi connectivity index (χ0v) is 27.9. The van der Waals surface area contributed by atoms with E-state index in [1.54, 1.807) is 18.6 Å². The van der Waals surface area contributed by atoms with E-state index in [0.29, 0.717) is 37.1 Å². The quantitative estimate of drug-likeness (QED) is 0.203. The molecule has 0 unspecified atom stereocenters. The zero-order valence-electron chi connectivity index (χ0n) is 27.0. The van der Waals surface area contributed by atoms with Crippen LogP contribution in [0.15, 0.2) is 66.1 Å². The van der Waals surface area contributed by atoms with Gasteiger partial charge in [0.15, 0.2) is 11.6 Å². The van der Waals surface area contributed by atoms with Crippen molar-refractivity contribution in [3.63, 3.8) is 0 Å². The highest BCUT2D eigenvalue weighted by Gasteiger charge is 2.48. The van der Waals surface area contributed by atoms with Crippen LogP contribution in [0.1, 0.15) is 45.1 Å². The van der Waals surface area contributed by atoms with E-state index in [1.807, 2.05) is 30.3 Å².